The van der Waals surface area contributed by atoms with Gasteiger partial charge in [0.15, 0.2) is 0 Å². The zero-order valence-electron chi connectivity index (χ0n) is 17.8. The number of amides is 1. The third kappa shape index (κ3) is 3.99. The Morgan fingerprint density at radius 1 is 0.939 bits per heavy atom. The van der Waals surface area contributed by atoms with E-state index >= 15 is 0 Å². The number of aliphatic hydroxyl groups excluding tert-OH is 1. The first-order valence-corrected chi connectivity index (χ1v) is 10.3. The standard InChI is InChI=1S/C25H20ClNO6/c1-32-18-10-6-16(7-11-18)27-22(14-3-8-17(28)9-4-14)21(24(30)25(27)31)23(29)15-5-12-19(26)20(13-15)33-2/h3-13,22,28-29H,1-2H3/b23-21-. The van der Waals surface area contributed by atoms with Gasteiger partial charge in [-0.05, 0) is 60.2 Å². The minimum absolute atomic E-state index is 0.0302. The molecule has 2 N–H and O–H groups in total. The number of benzene rings is 3. The van der Waals surface area contributed by atoms with E-state index in [2.05, 4.69) is 0 Å². The lowest BCUT2D eigenvalue weighted by atomic mass is 9.95. The molecule has 1 unspecified atom stereocenters. The topological polar surface area (TPSA) is 96.3 Å². The number of anilines is 1. The van der Waals surface area contributed by atoms with Crippen LogP contribution in [0, 0.1) is 0 Å². The van der Waals surface area contributed by atoms with Gasteiger partial charge in [-0.15, -0.1) is 0 Å². The molecule has 4 rings (SSSR count). The molecule has 168 valence electrons. The van der Waals surface area contributed by atoms with Gasteiger partial charge in [-0.25, -0.2) is 0 Å². The number of Topliss-reactive ketones (excluding diaryl/α,β-unsaturated/α-hetero) is 1. The molecule has 1 amide bonds. The fourth-order valence-corrected chi connectivity index (χ4v) is 3.97. The van der Waals surface area contributed by atoms with Crippen molar-refractivity contribution < 1.29 is 29.3 Å². The second-order valence-corrected chi connectivity index (χ2v) is 7.72. The third-order valence-corrected chi connectivity index (χ3v) is 5.74. The van der Waals surface area contributed by atoms with Crippen LogP contribution in [0.25, 0.3) is 5.76 Å². The molecule has 33 heavy (non-hydrogen) atoms. The van der Waals surface area contributed by atoms with Crippen molar-refractivity contribution in [3.05, 3.63) is 88.5 Å². The lowest BCUT2D eigenvalue weighted by molar-refractivity contribution is -0.132. The molecular formula is C25H20ClNO6. The van der Waals surface area contributed by atoms with E-state index in [1.165, 1.54) is 49.5 Å². The number of phenolic OH excluding ortho intramolecular Hbond substituents is 1. The maximum absolute atomic E-state index is 13.2. The van der Waals surface area contributed by atoms with E-state index < -0.39 is 17.7 Å². The number of halogens is 1. The molecule has 0 spiro atoms. The maximum atomic E-state index is 13.2. The minimum atomic E-state index is -0.930. The molecule has 1 saturated heterocycles. The fraction of sp³-hybridized carbons (Fsp3) is 0.120. The first kappa shape index (κ1) is 22.2. The summed E-state index contributed by atoms with van der Waals surface area (Å²) >= 11 is 6.09. The Balaban J connectivity index is 1.92. The van der Waals surface area contributed by atoms with Gasteiger partial charge in [0.25, 0.3) is 11.7 Å². The summed E-state index contributed by atoms with van der Waals surface area (Å²) in [5.41, 5.74) is 1.16. The highest BCUT2D eigenvalue weighted by atomic mass is 35.5. The van der Waals surface area contributed by atoms with E-state index in [1.54, 1.807) is 36.4 Å². The first-order valence-electron chi connectivity index (χ1n) is 9.93. The smallest absolute Gasteiger partial charge is 0.300 e. The Morgan fingerprint density at radius 3 is 2.21 bits per heavy atom. The summed E-state index contributed by atoms with van der Waals surface area (Å²) in [4.78, 5) is 27.6. The highest BCUT2D eigenvalue weighted by Gasteiger charge is 2.47. The fourth-order valence-electron chi connectivity index (χ4n) is 3.78. The van der Waals surface area contributed by atoms with Crippen molar-refractivity contribution in [3.63, 3.8) is 0 Å². The summed E-state index contributed by atoms with van der Waals surface area (Å²) in [6, 6.07) is 16.4. The molecule has 8 heteroatoms. The molecule has 0 aliphatic carbocycles. The summed E-state index contributed by atoms with van der Waals surface area (Å²) in [5.74, 6) is -1.06. The molecule has 0 saturated carbocycles. The first-order chi connectivity index (χ1) is 15.8. The van der Waals surface area contributed by atoms with Crippen LogP contribution in [0.2, 0.25) is 5.02 Å². The number of hydrogen-bond donors (Lipinski definition) is 2. The molecule has 1 aliphatic rings. The van der Waals surface area contributed by atoms with Crippen molar-refractivity contribution in [2.75, 3.05) is 19.1 Å². The maximum Gasteiger partial charge on any atom is 0.300 e. The molecule has 3 aromatic rings. The number of ketones is 1. The van der Waals surface area contributed by atoms with E-state index in [0.717, 1.165) is 0 Å². The van der Waals surface area contributed by atoms with Crippen LogP contribution < -0.4 is 14.4 Å². The number of nitrogens with zero attached hydrogens (tertiary/aromatic N) is 1. The van der Waals surface area contributed by atoms with E-state index in [-0.39, 0.29) is 22.6 Å². The molecule has 1 fully saturated rings. The normalized spacial score (nSPS) is 17.3. The lowest BCUT2D eigenvalue weighted by Crippen LogP contribution is -2.29. The number of aromatic hydroxyl groups is 1. The number of carbonyl (C=O) groups excluding carboxylic acids is 2. The van der Waals surface area contributed by atoms with Gasteiger partial charge in [0.2, 0.25) is 0 Å². The average Bonchev–Trinajstić information content (AvgIpc) is 3.10. The van der Waals surface area contributed by atoms with Crippen molar-refractivity contribution in [1.29, 1.82) is 0 Å². The van der Waals surface area contributed by atoms with Crippen molar-refractivity contribution >= 4 is 34.7 Å². The number of aliphatic hydroxyl groups is 1. The average molecular weight is 466 g/mol. The molecule has 1 atom stereocenters. The van der Waals surface area contributed by atoms with Gasteiger partial charge in [-0.1, -0.05) is 23.7 Å². The molecule has 0 aromatic heterocycles. The second-order valence-electron chi connectivity index (χ2n) is 7.31. The Morgan fingerprint density at radius 2 is 1.61 bits per heavy atom. The number of rotatable bonds is 5. The summed E-state index contributed by atoms with van der Waals surface area (Å²) in [6.45, 7) is 0. The third-order valence-electron chi connectivity index (χ3n) is 5.43. The molecule has 0 bridgehead atoms. The Hall–Kier alpha value is -3.97. The highest BCUT2D eigenvalue weighted by molar-refractivity contribution is 6.51. The van der Waals surface area contributed by atoms with Gasteiger partial charge in [0, 0.05) is 11.3 Å². The van der Waals surface area contributed by atoms with Gasteiger partial charge >= 0.3 is 0 Å². The van der Waals surface area contributed by atoms with Crippen LogP contribution in [0.4, 0.5) is 5.69 Å². The number of phenols is 1. The molecule has 7 nitrogen and oxygen atoms in total. The predicted octanol–water partition coefficient (Wildman–Crippen LogP) is 4.69. The Bertz CT molecular complexity index is 1250. The van der Waals surface area contributed by atoms with Crippen molar-refractivity contribution in [3.8, 4) is 17.2 Å². The van der Waals surface area contributed by atoms with Gasteiger partial charge < -0.3 is 19.7 Å². The monoisotopic (exact) mass is 465 g/mol. The summed E-state index contributed by atoms with van der Waals surface area (Å²) in [5, 5.41) is 21.2. The van der Waals surface area contributed by atoms with E-state index in [4.69, 9.17) is 21.1 Å². The highest BCUT2D eigenvalue weighted by Crippen LogP contribution is 2.43. The lowest BCUT2D eigenvalue weighted by Gasteiger charge is -2.25. The Kier molecular flexibility index (Phi) is 5.98. The number of hydrogen-bond acceptors (Lipinski definition) is 6. The van der Waals surface area contributed by atoms with Crippen LogP contribution >= 0.6 is 11.6 Å². The summed E-state index contributed by atoms with van der Waals surface area (Å²) < 4.78 is 10.4. The van der Waals surface area contributed by atoms with Crippen molar-refractivity contribution in [1.82, 2.24) is 0 Å². The zero-order chi connectivity index (χ0) is 23.7. The quantitative estimate of drug-likeness (QED) is 0.322. The van der Waals surface area contributed by atoms with Crippen LogP contribution in [0.5, 0.6) is 17.2 Å². The van der Waals surface area contributed by atoms with Gasteiger partial charge in [-0.3, -0.25) is 14.5 Å². The van der Waals surface area contributed by atoms with Crippen LogP contribution in [-0.4, -0.2) is 36.1 Å². The van der Waals surface area contributed by atoms with E-state index in [9.17, 15) is 19.8 Å². The summed E-state index contributed by atoms with van der Waals surface area (Å²) in [7, 11) is 2.96. The second kappa shape index (κ2) is 8.88. The summed E-state index contributed by atoms with van der Waals surface area (Å²) in [6.07, 6.45) is 0. The van der Waals surface area contributed by atoms with Crippen LogP contribution in [-0.2, 0) is 9.59 Å². The molecule has 0 radical (unpaired) electrons. The molecular weight excluding hydrogens is 446 g/mol. The largest absolute Gasteiger partial charge is 0.508 e. The van der Waals surface area contributed by atoms with Crippen LogP contribution in [0.1, 0.15) is 17.2 Å². The molecule has 1 heterocycles. The van der Waals surface area contributed by atoms with Gasteiger partial charge in [-0.2, -0.15) is 0 Å². The predicted molar refractivity (Wildman–Crippen MR) is 124 cm³/mol. The number of ether oxygens (including phenoxy) is 2. The zero-order valence-corrected chi connectivity index (χ0v) is 18.5. The van der Waals surface area contributed by atoms with Crippen LogP contribution in [0.15, 0.2) is 72.3 Å². The van der Waals surface area contributed by atoms with Crippen molar-refractivity contribution in [2.45, 2.75) is 6.04 Å². The van der Waals surface area contributed by atoms with E-state index in [1.807, 2.05) is 0 Å². The Labute approximate surface area is 195 Å². The van der Waals surface area contributed by atoms with E-state index in [0.29, 0.717) is 27.8 Å². The van der Waals surface area contributed by atoms with Gasteiger partial charge in [0.05, 0.1) is 30.9 Å². The number of methoxy groups -OCH3 is 2. The number of carbonyl (C=O) groups is 2. The van der Waals surface area contributed by atoms with Gasteiger partial charge in [0.1, 0.15) is 23.0 Å². The van der Waals surface area contributed by atoms with Crippen LogP contribution in [0.3, 0.4) is 0 Å². The molecule has 1 aliphatic heterocycles. The SMILES string of the molecule is COc1ccc(N2C(=O)C(=O)/C(=C(\O)c3ccc(Cl)c(OC)c3)C2c2ccc(O)cc2)cc1. The van der Waals surface area contributed by atoms with Crippen molar-refractivity contribution in [2.24, 2.45) is 0 Å². The minimum Gasteiger partial charge on any atom is -0.508 e. The molecule has 3 aromatic carbocycles.